The number of aliphatic hydroxyl groups excluding tert-OH is 1. The number of phenols is 1. The van der Waals surface area contributed by atoms with Crippen molar-refractivity contribution in [3.63, 3.8) is 0 Å². The Hall–Kier alpha value is -4.09. The second-order valence-electron chi connectivity index (χ2n) is 9.74. The highest BCUT2D eigenvalue weighted by Gasteiger charge is 2.48. The van der Waals surface area contributed by atoms with Crippen molar-refractivity contribution in [3.8, 4) is 23.0 Å². The number of fused-ring (bicyclic) bond motifs is 2. The predicted octanol–water partition coefficient (Wildman–Crippen LogP) is 6.12. The highest BCUT2D eigenvalue weighted by Crippen LogP contribution is 2.48. The van der Waals surface area contributed by atoms with E-state index in [1.54, 1.807) is 36.4 Å². The van der Waals surface area contributed by atoms with Crippen molar-refractivity contribution in [1.29, 1.82) is 0 Å². The Morgan fingerprint density at radius 2 is 2.00 bits per heavy atom. The van der Waals surface area contributed by atoms with Crippen molar-refractivity contribution in [2.75, 3.05) is 18.6 Å². The van der Waals surface area contributed by atoms with Gasteiger partial charge in [-0.15, -0.1) is 0 Å². The van der Waals surface area contributed by atoms with Crippen molar-refractivity contribution in [2.45, 2.75) is 32.4 Å². The average Bonchev–Trinajstić information content (AvgIpc) is 3.61. The standard InChI is InChI=1S/C30H25BrN2O7S/c1-4-39-18-6-7-20-23(13-18)41-30(32-20)33-25(17-11-19(31)27(35)22(12-17)38-3)24(28(36)29(33)37)26(34)15-5-8-21-16(10-15)9-14(2)40-21/h5-8,10-14,25,34-35H,4,9H2,1-3H3/b26-24+/t14-,25+/m1/s1. The molecular weight excluding hydrogens is 612 g/mol. The third kappa shape index (κ3) is 4.58. The van der Waals surface area contributed by atoms with E-state index >= 15 is 0 Å². The van der Waals surface area contributed by atoms with Crippen LogP contribution in [-0.2, 0) is 16.0 Å². The average molecular weight is 638 g/mol. The number of hydrogen-bond donors (Lipinski definition) is 2. The summed E-state index contributed by atoms with van der Waals surface area (Å²) in [5, 5.41) is 22.3. The molecule has 41 heavy (non-hydrogen) atoms. The first-order valence-corrected chi connectivity index (χ1v) is 14.5. The summed E-state index contributed by atoms with van der Waals surface area (Å²) in [5.74, 6) is -0.619. The number of aliphatic hydroxyl groups is 1. The number of hydrogen-bond acceptors (Lipinski definition) is 9. The van der Waals surface area contributed by atoms with Gasteiger partial charge >= 0.3 is 5.91 Å². The normalized spacial score (nSPS) is 19.5. The molecule has 0 unspecified atom stereocenters. The van der Waals surface area contributed by atoms with Crippen molar-refractivity contribution in [3.05, 3.63) is 75.3 Å². The molecule has 0 bridgehead atoms. The van der Waals surface area contributed by atoms with Crippen LogP contribution in [0.25, 0.3) is 16.0 Å². The van der Waals surface area contributed by atoms with Crippen LogP contribution in [0, 0.1) is 0 Å². The maximum absolute atomic E-state index is 13.7. The SMILES string of the molecule is CCOc1ccc2nc(N3C(=O)C(=O)/C(=C(/O)c4ccc5c(c4)C[C@@H](C)O5)[C@@H]3c3cc(Br)c(O)c(OC)c3)sc2c1. The predicted molar refractivity (Wildman–Crippen MR) is 158 cm³/mol. The van der Waals surface area contributed by atoms with Gasteiger partial charge in [-0.25, -0.2) is 4.98 Å². The molecule has 2 aliphatic heterocycles. The molecule has 11 heteroatoms. The summed E-state index contributed by atoms with van der Waals surface area (Å²) in [6.45, 7) is 4.34. The highest BCUT2D eigenvalue weighted by atomic mass is 79.9. The maximum atomic E-state index is 13.7. The Morgan fingerprint density at radius 1 is 1.20 bits per heavy atom. The molecule has 2 atom stereocenters. The Morgan fingerprint density at radius 3 is 2.76 bits per heavy atom. The van der Waals surface area contributed by atoms with E-state index in [2.05, 4.69) is 20.9 Å². The number of benzene rings is 3. The Balaban J connectivity index is 1.55. The first-order valence-electron chi connectivity index (χ1n) is 12.9. The molecule has 1 saturated heterocycles. The second-order valence-corrected chi connectivity index (χ2v) is 11.6. The number of halogens is 1. The van der Waals surface area contributed by atoms with Gasteiger partial charge in [0, 0.05) is 12.0 Å². The lowest BCUT2D eigenvalue weighted by atomic mass is 9.94. The van der Waals surface area contributed by atoms with Gasteiger partial charge < -0.3 is 24.4 Å². The smallest absolute Gasteiger partial charge is 0.301 e. The van der Waals surface area contributed by atoms with E-state index in [0.29, 0.717) is 39.9 Å². The fraction of sp³-hybridized carbons (Fsp3) is 0.233. The van der Waals surface area contributed by atoms with Crippen molar-refractivity contribution >= 4 is 60.1 Å². The zero-order chi connectivity index (χ0) is 29.0. The van der Waals surface area contributed by atoms with Crippen LogP contribution in [0.5, 0.6) is 23.0 Å². The lowest BCUT2D eigenvalue weighted by molar-refractivity contribution is -0.132. The van der Waals surface area contributed by atoms with Crippen LogP contribution in [0.3, 0.4) is 0 Å². The van der Waals surface area contributed by atoms with Gasteiger partial charge in [-0.05, 0) is 89.4 Å². The molecule has 9 nitrogen and oxygen atoms in total. The van der Waals surface area contributed by atoms with E-state index in [4.69, 9.17) is 14.2 Å². The number of carbonyl (C=O) groups is 2. The minimum atomic E-state index is -1.06. The fourth-order valence-electron chi connectivity index (χ4n) is 5.23. The van der Waals surface area contributed by atoms with Crippen LogP contribution in [0.1, 0.15) is 36.6 Å². The number of methoxy groups -OCH3 is 1. The molecule has 0 radical (unpaired) electrons. The quantitative estimate of drug-likeness (QED) is 0.148. The van der Waals surface area contributed by atoms with E-state index in [9.17, 15) is 19.8 Å². The summed E-state index contributed by atoms with van der Waals surface area (Å²) in [7, 11) is 1.40. The number of amides is 1. The molecule has 0 saturated carbocycles. The zero-order valence-corrected chi connectivity index (χ0v) is 24.7. The van der Waals surface area contributed by atoms with Crippen molar-refractivity contribution < 1.29 is 34.0 Å². The van der Waals surface area contributed by atoms with Crippen LogP contribution < -0.4 is 19.1 Å². The number of phenolic OH excluding ortho intramolecular Hbond substituents is 1. The van der Waals surface area contributed by atoms with Gasteiger partial charge in [0.15, 0.2) is 16.6 Å². The number of ether oxygens (including phenoxy) is 3. The van der Waals surface area contributed by atoms with Crippen LogP contribution in [0.15, 0.2) is 58.6 Å². The Kier molecular flexibility index (Phi) is 6.87. The van der Waals surface area contributed by atoms with Gasteiger partial charge in [-0.2, -0.15) is 0 Å². The minimum absolute atomic E-state index is 0.00272. The molecule has 2 N–H and O–H groups in total. The lowest BCUT2D eigenvalue weighted by Crippen LogP contribution is -2.29. The van der Waals surface area contributed by atoms with Crippen LogP contribution in [-0.4, -0.2) is 46.7 Å². The number of anilines is 1. The fourth-order valence-corrected chi connectivity index (χ4v) is 6.71. The van der Waals surface area contributed by atoms with Gasteiger partial charge in [0.05, 0.1) is 40.0 Å². The number of rotatable bonds is 6. The largest absolute Gasteiger partial charge is 0.507 e. The molecule has 1 amide bonds. The van der Waals surface area contributed by atoms with Gasteiger partial charge in [-0.1, -0.05) is 11.3 Å². The molecular formula is C30H25BrN2O7S. The molecule has 1 fully saturated rings. The van der Waals surface area contributed by atoms with E-state index in [-0.39, 0.29) is 34.1 Å². The summed E-state index contributed by atoms with van der Waals surface area (Å²) < 4.78 is 17.8. The topological polar surface area (TPSA) is 118 Å². The number of aromatic hydroxyl groups is 1. The molecule has 0 spiro atoms. The summed E-state index contributed by atoms with van der Waals surface area (Å²) in [6.07, 6.45) is 0.656. The Bertz CT molecular complexity index is 1770. The van der Waals surface area contributed by atoms with E-state index < -0.39 is 17.7 Å². The van der Waals surface area contributed by atoms with E-state index in [0.717, 1.165) is 16.0 Å². The highest BCUT2D eigenvalue weighted by molar-refractivity contribution is 9.10. The number of carbonyl (C=O) groups excluding carboxylic acids is 2. The number of aromatic nitrogens is 1. The molecule has 3 heterocycles. The monoisotopic (exact) mass is 636 g/mol. The summed E-state index contributed by atoms with van der Waals surface area (Å²) >= 11 is 4.58. The summed E-state index contributed by atoms with van der Waals surface area (Å²) in [4.78, 5) is 33.3. The minimum Gasteiger partial charge on any atom is -0.507 e. The van der Waals surface area contributed by atoms with Crippen LogP contribution in [0.4, 0.5) is 5.13 Å². The zero-order valence-electron chi connectivity index (χ0n) is 22.3. The van der Waals surface area contributed by atoms with Gasteiger partial charge in [0.25, 0.3) is 5.78 Å². The number of nitrogens with zero attached hydrogens (tertiary/aromatic N) is 2. The van der Waals surface area contributed by atoms with Gasteiger partial charge in [0.1, 0.15) is 23.4 Å². The van der Waals surface area contributed by atoms with Gasteiger partial charge in [0.2, 0.25) is 0 Å². The summed E-state index contributed by atoms with van der Waals surface area (Å²) in [5.41, 5.74) is 2.25. The molecule has 2 aliphatic rings. The first-order chi connectivity index (χ1) is 19.7. The lowest BCUT2D eigenvalue weighted by Gasteiger charge is -2.24. The van der Waals surface area contributed by atoms with E-state index in [1.807, 2.05) is 19.9 Å². The Labute approximate surface area is 247 Å². The maximum Gasteiger partial charge on any atom is 0.301 e. The summed E-state index contributed by atoms with van der Waals surface area (Å²) in [6, 6.07) is 12.7. The molecule has 3 aromatic carbocycles. The van der Waals surface area contributed by atoms with Gasteiger partial charge in [-0.3, -0.25) is 14.5 Å². The van der Waals surface area contributed by atoms with Crippen molar-refractivity contribution in [2.24, 2.45) is 0 Å². The molecule has 4 aromatic rings. The second kappa shape index (κ2) is 10.4. The molecule has 6 rings (SSSR count). The third-order valence-electron chi connectivity index (χ3n) is 7.07. The first kappa shape index (κ1) is 27.1. The van der Waals surface area contributed by atoms with E-state index in [1.165, 1.54) is 29.4 Å². The molecule has 0 aliphatic carbocycles. The number of ketones is 1. The number of Topliss-reactive ketones (excluding diaryl/α,β-unsaturated/α-hetero) is 1. The molecule has 1 aromatic heterocycles. The van der Waals surface area contributed by atoms with Crippen LogP contribution >= 0.6 is 27.3 Å². The number of thiazole rings is 1. The molecule has 210 valence electrons. The van der Waals surface area contributed by atoms with Crippen LogP contribution in [0.2, 0.25) is 0 Å². The van der Waals surface area contributed by atoms with Crippen molar-refractivity contribution in [1.82, 2.24) is 4.98 Å². The third-order valence-corrected chi connectivity index (χ3v) is 8.69.